The maximum atomic E-state index is 11.2. The van der Waals surface area contributed by atoms with Crippen LogP contribution in [0.4, 0.5) is 0 Å². The van der Waals surface area contributed by atoms with Crippen LogP contribution >= 0.6 is 0 Å². The van der Waals surface area contributed by atoms with E-state index in [-0.39, 0.29) is 11.9 Å². The molecule has 0 aromatic rings. The minimum Gasteiger partial charge on any atom is -0.463 e. The summed E-state index contributed by atoms with van der Waals surface area (Å²) in [5, 5.41) is 0. The topological polar surface area (TPSA) is 43.4 Å². The molecule has 0 rings (SSSR count). The summed E-state index contributed by atoms with van der Waals surface area (Å²) in [6.45, 7) is 5.88. The van der Waals surface area contributed by atoms with Crippen molar-refractivity contribution >= 4 is 12.3 Å². The fraction of sp³-hybridized carbons (Fsp3) is 0.636. The van der Waals surface area contributed by atoms with Crippen LogP contribution in [0.25, 0.3) is 0 Å². The number of carbonyl (C=O) groups excluding carboxylic acids is 2. The van der Waals surface area contributed by atoms with Gasteiger partial charge in [-0.1, -0.05) is 13.0 Å². The van der Waals surface area contributed by atoms with Gasteiger partial charge in [-0.25, -0.2) is 4.79 Å². The molecule has 0 fully saturated rings. The van der Waals surface area contributed by atoms with Crippen molar-refractivity contribution < 1.29 is 14.3 Å². The molecule has 0 aliphatic carbocycles. The van der Waals surface area contributed by atoms with Crippen LogP contribution in [0.3, 0.4) is 0 Å². The molecule has 3 nitrogen and oxygen atoms in total. The number of hydrogen-bond acceptors (Lipinski definition) is 3. The Hall–Kier alpha value is -1.12. The Balaban J connectivity index is 4.06. The maximum absolute atomic E-state index is 11.2. The summed E-state index contributed by atoms with van der Waals surface area (Å²) in [5.74, 6) is -0.0324. The standard InChI is InChI=1S/C11H18O3/c1-4-14-11(13)10(3)8-9(2)6-5-7-12/h7-9H,4-6H2,1-3H3/b10-8+/t9-/m0/s1. The Morgan fingerprint density at radius 1 is 1.50 bits per heavy atom. The molecule has 0 N–H and O–H groups in total. The molecular weight excluding hydrogens is 180 g/mol. The highest BCUT2D eigenvalue weighted by Gasteiger charge is 2.06. The fourth-order valence-electron chi connectivity index (χ4n) is 1.15. The Bertz CT molecular complexity index is 219. The van der Waals surface area contributed by atoms with E-state index in [9.17, 15) is 9.59 Å². The highest BCUT2D eigenvalue weighted by atomic mass is 16.5. The first-order chi connectivity index (χ1) is 6.61. The average Bonchev–Trinajstić information content (AvgIpc) is 2.15. The summed E-state index contributed by atoms with van der Waals surface area (Å²) >= 11 is 0. The van der Waals surface area contributed by atoms with Crippen LogP contribution in [-0.4, -0.2) is 18.9 Å². The van der Waals surface area contributed by atoms with E-state index in [2.05, 4.69) is 0 Å². The third-order valence-corrected chi connectivity index (χ3v) is 1.87. The van der Waals surface area contributed by atoms with Crippen LogP contribution in [0.5, 0.6) is 0 Å². The molecule has 0 aromatic heterocycles. The second-order valence-corrected chi connectivity index (χ2v) is 3.29. The lowest BCUT2D eigenvalue weighted by molar-refractivity contribution is -0.138. The van der Waals surface area contributed by atoms with Gasteiger partial charge >= 0.3 is 5.97 Å². The molecule has 0 bridgehead atoms. The molecule has 0 amide bonds. The lowest BCUT2D eigenvalue weighted by Crippen LogP contribution is -2.06. The zero-order chi connectivity index (χ0) is 11.0. The monoisotopic (exact) mass is 198 g/mol. The fourth-order valence-corrected chi connectivity index (χ4v) is 1.15. The molecule has 0 radical (unpaired) electrons. The zero-order valence-electron chi connectivity index (χ0n) is 9.08. The van der Waals surface area contributed by atoms with E-state index in [1.165, 1.54) is 0 Å². The van der Waals surface area contributed by atoms with E-state index in [0.29, 0.717) is 18.6 Å². The molecule has 0 unspecified atom stereocenters. The Morgan fingerprint density at radius 2 is 2.14 bits per heavy atom. The molecule has 0 aliphatic heterocycles. The van der Waals surface area contributed by atoms with Crippen molar-refractivity contribution in [1.29, 1.82) is 0 Å². The molecular formula is C11H18O3. The van der Waals surface area contributed by atoms with E-state index < -0.39 is 0 Å². The van der Waals surface area contributed by atoms with E-state index in [1.54, 1.807) is 13.8 Å². The molecule has 1 atom stereocenters. The van der Waals surface area contributed by atoms with Crippen molar-refractivity contribution in [1.82, 2.24) is 0 Å². The zero-order valence-corrected chi connectivity index (χ0v) is 9.08. The SMILES string of the molecule is CCOC(=O)/C(C)=C/[C@@H](C)CCC=O. The van der Waals surface area contributed by atoms with Gasteiger partial charge in [-0.3, -0.25) is 0 Å². The molecule has 3 heteroatoms. The number of ether oxygens (including phenoxy) is 1. The molecule has 80 valence electrons. The number of esters is 1. The van der Waals surface area contributed by atoms with Crippen LogP contribution in [0.15, 0.2) is 11.6 Å². The predicted molar refractivity (Wildman–Crippen MR) is 54.9 cm³/mol. The minimum absolute atomic E-state index is 0.240. The molecule has 0 spiro atoms. The Morgan fingerprint density at radius 3 is 2.64 bits per heavy atom. The van der Waals surface area contributed by atoms with Crippen LogP contribution in [0, 0.1) is 5.92 Å². The molecule has 0 saturated carbocycles. The Kier molecular flexibility index (Phi) is 6.72. The average molecular weight is 198 g/mol. The second kappa shape index (κ2) is 7.30. The van der Waals surface area contributed by atoms with Gasteiger partial charge in [-0.05, 0) is 26.2 Å². The minimum atomic E-state index is -0.273. The Labute approximate surface area is 85.1 Å². The first kappa shape index (κ1) is 12.9. The van der Waals surface area contributed by atoms with Crippen LogP contribution in [-0.2, 0) is 14.3 Å². The van der Waals surface area contributed by atoms with Crippen LogP contribution in [0.1, 0.15) is 33.6 Å². The smallest absolute Gasteiger partial charge is 0.333 e. The molecule has 0 aromatic carbocycles. The number of carbonyl (C=O) groups is 2. The highest BCUT2D eigenvalue weighted by Crippen LogP contribution is 2.10. The van der Waals surface area contributed by atoms with Gasteiger partial charge in [0, 0.05) is 12.0 Å². The van der Waals surface area contributed by atoms with Crippen molar-refractivity contribution in [3.8, 4) is 0 Å². The predicted octanol–water partition coefficient (Wildman–Crippen LogP) is 2.11. The first-order valence-corrected chi connectivity index (χ1v) is 4.91. The first-order valence-electron chi connectivity index (χ1n) is 4.91. The van der Waals surface area contributed by atoms with E-state index in [1.807, 2.05) is 13.0 Å². The second-order valence-electron chi connectivity index (χ2n) is 3.29. The number of hydrogen-bond donors (Lipinski definition) is 0. The van der Waals surface area contributed by atoms with Crippen molar-refractivity contribution in [2.24, 2.45) is 5.92 Å². The van der Waals surface area contributed by atoms with Crippen molar-refractivity contribution in [2.75, 3.05) is 6.61 Å². The molecule has 0 saturated heterocycles. The van der Waals surface area contributed by atoms with E-state index >= 15 is 0 Å². The largest absolute Gasteiger partial charge is 0.463 e. The summed E-state index contributed by atoms with van der Waals surface area (Å²) in [7, 11) is 0. The van der Waals surface area contributed by atoms with Crippen molar-refractivity contribution in [3.63, 3.8) is 0 Å². The van der Waals surface area contributed by atoms with Gasteiger partial charge in [0.15, 0.2) is 0 Å². The highest BCUT2D eigenvalue weighted by molar-refractivity contribution is 5.87. The summed E-state index contributed by atoms with van der Waals surface area (Å²) in [6, 6.07) is 0. The lowest BCUT2D eigenvalue weighted by atomic mass is 10.0. The van der Waals surface area contributed by atoms with Gasteiger partial charge in [-0.15, -0.1) is 0 Å². The van der Waals surface area contributed by atoms with Gasteiger partial charge < -0.3 is 9.53 Å². The van der Waals surface area contributed by atoms with E-state index in [4.69, 9.17) is 4.74 Å². The molecule has 0 heterocycles. The summed E-state index contributed by atoms with van der Waals surface area (Å²) in [5.41, 5.74) is 0.616. The van der Waals surface area contributed by atoms with Gasteiger partial charge in [0.25, 0.3) is 0 Å². The number of allylic oxidation sites excluding steroid dienone is 1. The molecule has 0 aliphatic rings. The summed E-state index contributed by atoms with van der Waals surface area (Å²) in [6.07, 6.45) is 4.06. The lowest BCUT2D eigenvalue weighted by Gasteiger charge is -2.06. The quantitative estimate of drug-likeness (QED) is 0.373. The summed E-state index contributed by atoms with van der Waals surface area (Å²) in [4.78, 5) is 21.3. The third kappa shape index (κ3) is 5.51. The number of aldehydes is 1. The van der Waals surface area contributed by atoms with Gasteiger partial charge in [0.1, 0.15) is 6.29 Å². The maximum Gasteiger partial charge on any atom is 0.333 e. The van der Waals surface area contributed by atoms with Crippen LogP contribution < -0.4 is 0 Å². The third-order valence-electron chi connectivity index (χ3n) is 1.87. The molecule has 14 heavy (non-hydrogen) atoms. The van der Waals surface area contributed by atoms with Gasteiger partial charge in [0.2, 0.25) is 0 Å². The van der Waals surface area contributed by atoms with Crippen LogP contribution in [0.2, 0.25) is 0 Å². The summed E-state index contributed by atoms with van der Waals surface area (Å²) < 4.78 is 4.83. The normalized spacial score (nSPS) is 13.5. The van der Waals surface area contributed by atoms with Gasteiger partial charge in [0.05, 0.1) is 6.61 Å². The van der Waals surface area contributed by atoms with Gasteiger partial charge in [-0.2, -0.15) is 0 Å². The van der Waals surface area contributed by atoms with Crippen molar-refractivity contribution in [3.05, 3.63) is 11.6 Å². The van der Waals surface area contributed by atoms with E-state index in [0.717, 1.165) is 12.7 Å². The number of rotatable bonds is 6. The van der Waals surface area contributed by atoms with Crippen molar-refractivity contribution in [2.45, 2.75) is 33.6 Å².